The molecule has 0 aromatic carbocycles. The third-order valence-corrected chi connectivity index (χ3v) is 2.41. The van der Waals surface area contributed by atoms with E-state index in [1.54, 1.807) is 19.1 Å². The first kappa shape index (κ1) is 15.7. The van der Waals surface area contributed by atoms with Gasteiger partial charge in [-0.15, -0.1) is 0 Å². The number of aromatic nitrogens is 1. The Kier molecular flexibility index (Phi) is 6.20. The Hall–Kier alpha value is -2.39. The monoisotopic (exact) mass is 275 g/mol. The Bertz CT molecular complexity index is 546. The molecule has 20 heavy (non-hydrogen) atoms. The van der Waals surface area contributed by atoms with Crippen molar-refractivity contribution in [3.63, 3.8) is 0 Å². The first-order valence-corrected chi connectivity index (χ1v) is 6.17. The molecule has 0 aliphatic rings. The van der Waals surface area contributed by atoms with Crippen LogP contribution >= 0.6 is 0 Å². The quantitative estimate of drug-likeness (QED) is 0.735. The van der Waals surface area contributed by atoms with E-state index in [9.17, 15) is 9.59 Å². The Morgan fingerprint density at radius 2 is 2.25 bits per heavy atom. The average molecular weight is 275 g/mol. The number of nitrogens with one attached hydrogen (secondary N) is 1. The highest BCUT2D eigenvalue weighted by Crippen LogP contribution is 2.06. The predicted octanol–water partition coefficient (Wildman–Crippen LogP) is -0.367. The van der Waals surface area contributed by atoms with Crippen LogP contribution in [0.15, 0.2) is 18.3 Å². The zero-order valence-corrected chi connectivity index (χ0v) is 11.5. The lowest BCUT2D eigenvalue weighted by Gasteiger charge is -2.16. The molecule has 0 atom stereocenters. The predicted molar refractivity (Wildman–Crippen MR) is 73.8 cm³/mol. The highest BCUT2D eigenvalue weighted by molar-refractivity contribution is 5.96. The Labute approximate surface area is 117 Å². The molecule has 106 valence electrons. The Morgan fingerprint density at radius 3 is 2.90 bits per heavy atom. The lowest BCUT2D eigenvalue weighted by Crippen LogP contribution is -2.38. The van der Waals surface area contributed by atoms with Gasteiger partial charge in [-0.1, -0.05) is 11.8 Å². The number of aliphatic hydroxyl groups is 1. The molecule has 1 aromatic rings. The number of carbonyl (C=O) groups excluding carboxylic acids is 2. The summed E-state index contributed by atoms with van der Waals surface area (Å²) in [6.45, 7) is 1.98. The second-order valence-electron chi connectivity index (χ2n) is 3.97. The van der Waals surface area contributed by atoms with Crippen molar-refractivity contribution in [2.75, 3.05) is 26.7 Å². The number of hydrogen-bond acceptors (Lipinski definition) is 4. The lowest BCUT2D eigenvalue weighted by atomic mass is 10.2. The van der Waals surface area contributed by atoms with Gasteiger partial charge >= 0.3 is 0 Å². The first-order valence-electron chi connectivity index (χ1n) is 6.17. The third kappa shape index (κ3) is 4.37. The highest BCUT2D eigenvalue weighted by atomic mass is 16.2. The van der Waals surface area contributed by atoms with Crippen LogP contribution in [0.5, 0.6) is 0 Å². The summed E-state index contributed by atoms with van der Waals surface area (Å²) < 4.78 is 0. The molecule has 0 fully saturated rings. The van der Waals surface area contributed by atoms with E-state index in [0.29, 0.717) is 12.1 Å². The summed E-state index contributed by atoms with van der Waals surface area (Å²) >= 11 is 0. The number of carbonyl (C=O) groups is 2. The molecule has 0 saturated heterocycles. The van der Waals surface area contributed by atoms with Crippen molar-refractivity contribution < 1.29 is 14.7 Å². The number of aliphatic hydroxyl groups excluding tert-OH is 1. The van der Waals surface area contributed by atoms with Crippen LogP contribution in [0.25, 0.3) is 0 Å². The fraction of sp³-hybridized carbons (Fsp3) is 0.357. The van der Waals surface area contributed by atoms with Crippen LogP contribution in [-0.4, -0.2) is 53.5 Å². The molecule has 0 bridgehead atoms. The summed E-state index contributed by atoms with van der Waals surface area (Å²) in [5, 5.41) is 11.3. The van der Waals surface area contributed by atoms with E-state index in [0.717, 1.165) is 0 Å². The van der Waals surface area contributed by atoms with Crippen molar-refractivity contribution in [2.24, 2.45) is 0 Å². The third-order valence-electron chi connectivity index (χ3n) is 2.41. The van der Waals surface area contributed by atoms with E-state index < -0.39 is 0 Å². The number of pyridine rings is 1. The average Bonchev–Trinajstić information content (AvgIpc) is 2.44. The van der Waals surface area contributed by atoms with Gasteiger partial charge in [-0.2, -0.15) is 0 Å². The molecule has 0 aliphatic heterocycles. The zero-order valence-electron chi connectivity index (χ0n) is 11.5. The summed E-state index contributed by atoms with van der Waals surface area (Å²) in [7, 11) is 1.52. The number of amides is 2. The fourth-order valence-electron chi connectivity index (χ4n) is 1.53. The number of likely N-dealkylation sites (N-methyl/N-ethyl adjacent to an activating group) is 2. The largest absolute Gasteiger partial charge is 0.384 e. The van der Waals surface area contributed by atoms with E-state index in [1.165, 1.54) is 18.1 Å². The van der Waals surface area contributed by atoms with Gasteiger partial charge in [0.1, 0.15) is 12.3 Å². The maximum atomic E-state index is 12.2. The minimum atomic E-state index is -0.390. The molecule has 1 aromatic heterocycles. The maximum Gasteiger partial charge on any atom is 0.273 e. The smallest absolute Gasteiger partial charge is 0.273 e. The minimum Gasteiger partial charge on any atom is -0.384 e. The van der Waals surface area contributed by atoms with Crippen LogP contribution in [0.1, 0.15) is 23.0 Å². The molecule has 0 spiro atoms. The number of hydrogen-bond donors (Lipinski definition) is 2. The van der Waals surface area contributed by atoms with Gasteiger partial charge in [-0.25, -0.2) is 4.98 Å². The maximum absolute atomic E-state index is 12.2. The number of rotatable bonds is 4. The fourth-order valence-corrected chi connectivity index (χ4v) is 1.53. The Balaban J connectivity index is 2.89. The van der Waals surface area contributed by atoms with Gasteiger partial charge in [-0.3, -0.25) is 9.59 Å². The topological polar surface area (TPSA) is 82.5 Å². The highest BCUT2D eigenvalue weighted by Gasteiger charge is 2.18. The standard InChI is InChI=1S/C14H17N3O3/c1-3-15-12(19)10-17(2)14(20)13-11(7-5-9-18)6-4-8-16-13/h4,6,8,18H,3,9-10H2,1-2H3,(H,15,19). The van der Waals surface area contributed by atoms with Gasteiger partial charge in [0.25, 0.3) is 5.91 Å². The zero-order chi connectivity index (χ0) is 15.0. The van der Waals surface area contributed by atoms with Crippen molar-refractivity contribution in [3.05, 3.63) is 29.6 Å². The molecular weight excluding hydrogens is 258 g/mol. The molecule has 1 rings (SSSR count). The van der Waals surface area contributed by atoms with Crippen molar-refractivity contribution in [1.29, 1.82) is 0 Å². The van der Waals surface area contributed by atoms with E-state index in [1.807, 2.05) is 0 Å². The Morgan fingerprint density at radius 1 is 1.50 bits per heavy atom. The van der Waals surface area contributed by atoms with E-state index >= 15 is 0 Å². The van der Waals surface area contributed by atoms with Crippen molar-refractivity contribution in [3.8, 4) is 11.8 Å². The molecular formula is C14H17N3O3. The summed E-state index contributed by atoms with van der Waals surface area (Å²) in [5.41, 5.74) is 0.592. The lowest BCUT2D eigenvalue weighted by molar-refractivity contribution is -0.121. The summed E-state index contributed by atoms with van der Waals surface area (Å²) in [5.74, 6) is 4.52. The van der Waals surface area contributed by atoms with E-state index in [2.05, 4.69) is 22.1 Å². The van der Waals surface area contributed by atoms with Gasteiger partial charge in [0.05, 0.1) is 12.1 Å². The first-order chi connectivity index (χ1) is 9.60. The normalized spacial score (nSPS) is 9.35. The van der Waals surface area contributed by atoms with Crippen LogP contribution < -0.4 is 5.32 Å². The van der Waals surface area contributed by atoms with Gasteiger partial charge in [0.2, 0.25) is 5.91 Å². The molecule has 6 heteroatoms. The molecule has 1 heterocycles. The second-order valence-corrected chi connectivity index (χ2v) is 3.97. The molecule has 0 aliphatic carbocycles. The van der Waals surface area contributed by atoms with Crippen LogP contribution in [0.4, 0.5) is 0 Å². The van der Waals surface area contributed by atoms with Crippen molar-refractivity contribution >= 4 is 11.8 Å². The van der Waals surface area contributed by atoms with E-state index in [-0.39, 0.29) is 30.7 Å². The van der Waals surface area contributed by atoms with E-state index in [4.69, 9.17) is 5.11 Å². The van der Waals surface area contributed by atoms with Crippen LogP contribution in [0.2, 0.25) is 0 Å². The molecule has 0 saturated carbocycles. The van der Waals surface area contributed by atoms with Gasteiger partial charge in [0.15, 0.2) is 0 Å². The van der Waals surface area contributed by atoms with Gasteiger partial charge in [0, 0.05) is 19.8 Å². The number of nitrogens with zero attached hydrogens (tertiary/aromatic N) is 2. The van der Waals surface area contributed by atoms with Gasteiger partial charge in [-0.05, 0) is 19.1 Å². The summed E-state index contributed by atoms with van der Waals surface area (Å²) in [4.78, 5) is 29.0. The second kappa shape index (κ2) is 7.92. The minimum absolute atomic E-state index is 0.0455. The molecule has 6 nitrogen and oxygen atoms in total. The SMILES string of the molecule is CCNC(=O)CN(C)C(=O)c1ncccc1C#CCO. The molecule has 2 N–H and O–H groups in total. The van der Waals surface area contributed by atoms with Crippen LogP contribution in [-0.2, 0) is 4.79 Å². The van der Waals surface area contributed by atoms with Crippen LogP contribution in [0, 0.1) is 11.8 Å². The molecule has 2 amide bonds. The molecule has 0 unspecified atom stereocenters. The summed E-state index contributed by atoms with van der Waals surface area (Å²) in [6.07, 6.45) is 1.48. The summed E-state index contributed by atoms with van der Waals surface area (Å²) in [6, 6.07) is 3.30. The molecule has 0 radical (unpaired) electrons. The van der Waals surface area contributed by atoms with Gasteiger partial charge < -0.3 is 15.3 Å². The van der Waals surface area contributed by atoms with Crippen molar-refractivity contribution in [1.82, 2.24) is 15.2 Å². The van der Waals surface area contributed by atoms with Crippen LogP contribution in [0.3, 0.4) is 0 Å². The van der Waals surface area contributed by atoms with Crippen molar-refractivity contribution in [2.45, 2.75) is 6.92 Å².